The second-order valence-electron chi connectivity index (χ2n) is 7.30. The van der Waals surface area contributed by atoms with Crippen molar-refractivity contribution in [1.82, 2.24) is 15.5 Å². The van der Waals surface area contributed by atoms with Gasteiger partial charge >= 0.3 is 0 Å². The molecule has 27 heavy (non-hydrogen) atoms. The van der Waals surface area contributed by atoms with Crippen LogP contribution in [0.2, 0.25) is 0 Å². The minimum Gasteiger partial charge on any atom is -0.490 e. The Morgan fingerprint density at radius 2 is 1.96 bits per heavy atom. The molecule has 2 aliphatic heterocycles. The quantitative estimate of drug-likeness (QED) is 0.770. The average Bonchev–Trinajstić information content (AvgIpc) is 2.84. The Kier molecular flexibility index (Phi) is 4.47. The molecule has 0 radical (unpaired) electrons. The summed E-state index contributed by atoms with van der Waals surface area (Å²) in [5, 5.41) is 6.00. The Morgan fingerprint density at radius 3 is 2.67 bits per heavy atom. The number of fused-ring (bicyclic) bond motifs is 1. The number of hydrogen-bond acceptors (Lipinski definition) is 5. The van der Waals surface area contributed by atoms with Gasteiger partial charge < -0.3 is 15.4 Å². The summed E-state index contributed by atoms with van der Waals surface area (Å²) < 4.78 is 5.94. The molecule has 1 saturated heterocycles. The summed E-state index contributed by atoms with van der Waals surface area (Å²) in [7, 11) is 0. The van der Waals surface area contributed by atoms with E-state index in [9.17, 15) is 14.4 Å². The average molecular weight is 369 g/mol. The molecule has 0 aromatic heterocycles. The summed E-state index contributed by atoms with van der Waals surface area (Å²) in [6, 6.07) is 4.64. The van der Waals surface area contributed by atoms with Gasteiger partial charge in [-0.2, -0.15) is 0 Å². The van der Waals surface area contributed by atoms with Crippen molar-refractivity contribution >= 4 is 17.7 Å². The molecule has 1 aliphatic carbocycles. The molecule has 7 heteroatoms. The van der Waals surface area contributed by atoms with E-state index in [-0.39, 0.29) is 12.0 Å². The summed E-state index contributed by atoms with van der Waals surface area (Å²) in [5.74, 6) is -0.642. The number of benzene rings is 1. The second kappa shape index (κ2) is 6.81. The molecule has 1 unspecified atom stereocenters. The van der Waals surface area contributed by atoms with Crippen LogP contribution < -0.4 is 15.4 Å². The van der Waals surface area contributed by atoms with Crippen LogP contribution in [0.5, 0.6) is 5.75 Å². The first kappa shape index (κ1) is 17.7. The summed E-state index contributed by atoms with van der Waals surface area (Å²) >= 11 is 0. The molecule has 1 atom stereocenters. The van der Waals surface area contributed by atoms with Crippen LogP contribution in [0.25, 0.3) is 0 Å². The largest absolute Gasteiger partial charge is 0.490 e. The minimum atomic E-state index is -0.792. The Labute approximate surface area is 157 Å². The predicted octanol–water partition coefficient (Wildman–Crippen LogP) is 1.59. The van der Waals surface area contributed by atoms with Crippen molar-refractivity contribution in [1.29, 1.82) is 0 Å². The molecule has 2 N–H and O–H groups in total. The highest BCUT2D eigenvalue weighted by Gasteiger charge is 2.44. The van der Waals surface area contributed by atoms with Crippen LogP contribution in [0.15, 0.2) is 30.5 Å². The Balaban J connectivity index is 1.49. The second-order valence-corrected chi connectivity index (χ2v) is 7.30. The van der Waals surface area contributed by atoms with Crippen molar-refractivity contribution in [2.24, 2.45) is 0 Å². The van der Waals surface area contributed by atoms with Crippen LogP contribution in [0.3, 0.4) is 0 Å². The third kappa shape index (κ3) is 3.12. The number of nitrogens with zero attached hydrogens (tertiary/aromatic N) is 1. The number of carbonyl (C=O) groups excluding carboxylic acids is 3. The molecule has 3 aliphatic rings. The number of ether oxygens (including phenoxy) is 1. The number of amides is 3. The fourth-order valence-electron chi connectivity index (χ4n) is 3.91. The van der Waals surface area contributed by atoms with Crippen LogP contribution in [0.4, 0.5) is 0 Å². The third-order valence-electron chi connectivity index (χ3n) is 5.41. The van der Waals surface area contributed by atoms with Crippen LogP contribution in [0, 0.1) is 0 Å². The van der Waals surface area contributed by atoms with Gasteiger partial charge in [0.25, 0.3) is 11.8 Å². The lowest BCUT2D eigenvalue weighted by atomic mass is 9.89. The van der Waals surface area contributed by atoms with E-state index < -0.39 is 17.9 Å². The minimum absolute atomic E-state index is 0.116. The highest BCUT2D eigenvalue weighted by molar-refractivity contribution is 6.23. The van der Waals surface area contributed by atoms with Gasteiger partial charge in [-0.1, -0.05) is 13.5 Å². The van der Waals surface area contributed by atoms with Gasteiger partial charge in [-0.25, -0.2) is 0 Å². The van der Waals surface area contributed by atoms with Gasteiger partial charge in [0.1, 0.15) is 17.9 Å². The molecule has 2 heterocycles. The molecule has 7 nitrogen and oxygen atoms in total. The SMILES string of the molecule is C=C1CCC(N2C(=O)c3ccc(OC4CC(NCC)C4)cc3C2=O)C(=O)N1. The molecule has 4 rings (SSSR count). The van der Waals surface area contributed by atoms with Gasteiger partial charge in [-0.15, -0.1) is 0 Å². The molecule has 0 spiro atoms. The Hall–Kier alpha value is -2.67. The smallest absolute Gasteiger partial charge is 0.262 e. The Bertz CT molecular complexity index is 829. The zero-order chi connectivity index (χ0) is 19.1. The lowest BCUT2D eigenvalue weighted by Gasteiger charge is -2.35. The maximum Gasteiger partial charge on any atom is 0.262 e. The number of allylic oxidation sites excluding steroid dienone is 1. The number of hydrogen-bond donors (Lipinski definition) is 2. The zero-order valence-electron chi connectivity index (χ0n) is 15.3. The maximum absolute atomic E-state index is 12.8. The lowest BCUT2D eigenvalue weighted by molar-refractivity contribution is -0.125. The van der Waals surface area contributed by atoms with Gasteiger partial charge in [0.15, 0.2) is 0 Å². The van der Waals surface area contributed by atoms with E-state index in [0.29, 0.717) is 41.5 Å². The Morgan fingerprint density at radius 1 is 1.22 bits per heavy atom. The van der Waals surface area contributed by atoms with Crippen LogP contribution >= 0.6 is 0 Å². The number of piperidine rings is 1. The zero-order valence-corrected chi connectivity index (χ0v) is 15.3. The van der Waals surface area contributed by atoms with Crippen LogP contribution in [-0.4, -0.2) is 47.4 Å². The molecule has 1 aromatic rings. The number of nitrogens with one attached hydrogen (secondary N) is 2. The molecule has 1 saturated carbocycles. The molecule has 3 amide bonds. The first-order chi connectivity index (χ1) is 13.0. The van der Waals surface area contributed by atoms with E-state index in [1.54, 1.807) is 18.2 Å². The summed E-state index contributed by atoms with van der Waals surface area (Å²) in [5.41, 5.74) is 1.24. The van der Waals surface area contributed by atoms with Gasteiger partial charge in [0.05, 0.1) is 11.1 Å². The highest BCUT2D eigenvalue weighted by atomic mass is 16.5. The molecule has 2 fully saturated rings. The van der Waals surface area contributed by atoms with Crippen LogP contribution in [0.1, 0.15) is 53.3 Å². The van der Waals surface area contributed by atoms with E-state index in [4.69, 9.17) is 4.74 Å². The van der Waals surface area contributed by atoms with Crippen molar-refractivity contribution in [2.45, 2.75) is 50.8 Å². The van der Waals surface area contributed by atoms with Crippen LogP contribution in [-0.2, 0) is 4.79 Å². The normalized spacial score (nSPS) is 27.3. The van der Waals surface area contributed by atoms with Gasteiger partial charge in [0.2, 0.25) is 5.91 Å². The highest BCUT2D eigenvalue weighted by Crippen LogP contribution is 2.32. The van der Waals surface area contributed by atoms with Crippen molar-refractivity contribution in [2.75, 3.05) is 6.54 Å². The lowest BCUT2D eigenvalue weighted by Crippen LogP contribution is -2.51. The molecule has 142 valence electrons. The third-order valence-corrected chi connectivity index (χ3v) is 5.41. The fourth-order valence-corrected chi connectivity index (χ4v) is 3.91. The number of imide groups is 1. The summed E-state index contributed by atoms with van der Waals surface area (Å²) in [4.78, 5) is 38.8. The molecule has 0 bridgehead atoms. The first-order valence-electron chi connectivity index (χ1n) is 9.38. The summed E-state index contributed by atoms with van der Waals surface area (Å²) in [6.45, 7) is 6.74. The maximum atomic E-state index is 12.8. The van der Waals surface area contributed by atoms with E-state index >= 15 is 0 Å². The van der Waals surface area contributed by atoms with Gasteiger partial charge in [0, 0.05) is 11.7 Å². The predicted molar refractivity (Wildman–Crippen MR) is 98.4 cm³/mol. The first-order valence-corrected chi connectivity index (χ1v) is 9.38. The van der Waals surface area contributed by atoms with Crippen molar-refractivity contribution < 1.29 is 19.1 Å². The molecular weight excluding hydrogens is 346 g/mol. The van der Waals surface area contributed by atoms with E-state index in [1.165, 1.54) is 0 Å². The molecular formula is C20H23N3O4. The number of carbonyl (C=O) groups is 3. The molecule has 1 aromatic carbocycles. The van der Waals surface area contributed by atoms with E-state index in [1.807, 2.05) is 0 Å². The van der Waals surface area contributed by atoms with E-state index in [0.717, 1.165) is 24.3 Å². The van der Waals surface area contributed by atoms with Gasteiger partial charge in [-0.05, 0) is 50.4 Å². The monoisotopic (exact) mass is 369 g/mol. The topological polar surface area (TPSA) is 87.7 Å². The van der Waals surface area contributed by atoms with Crippen molar-refractivity contribution in [3.63, 3.8) is 0 Å². The fraction of sp³-hybridized carbons (Fsp3) is 0.450. The standard InChI is InChI=1S/C20H23N3O4/c1-3-21-12-8-14(9-12)27-13-5-6-15-16(10-13)20(26)23(19(15)25)17-7-4-11(2)22-18(17)24/h5-6,10,12,14,17,21H,2-4,7-9H2,1H3,(H,22,24). The number of rotatable bonds is 5. The van der Waals surface area contributed by atoms with Crippen molar-refractivity contribution in [3.05, 3.63) is 41.6 Å². The van der Waals surface area contributed by atoms with Crippen molar-refractivity contribution in [3.8, 4) is 5.75 Å². The van der Waals surface area contributed by atoms with Gasteiger partial charge in [-0.3, -0.25) is 19.3 Å². The summed E-state index contributed by atoms with van der Waals surface area (Å²) in [6.07, 6.45) is 2.91. The van der Waals surface area contributed by atoms with E-state index in [2.05, 4.69) is 24.1 Å².